The van der Waals surface area contributed by atoms with E-state index in [4.69, 9.17) is 12.2 Å². The summed E-state index contributed by atoms with van der Waals surface area (Å²) < 4.78 is 0.441. The van der Waals surface area contributed by atoms with Crippen LogP contribution in [0.4, 0.5) is 0 Å². The molecule has 17 heavy (non-hydrogen) atoms. The first-order valence-corrected chi connectivity index (χ1v) is 6.07. The topological polar surface area (TPSA) is 70.2 Å². The molecule has 84 valence electrons. The number of aromatic amines is 2. The second-order valence-electron chi connectivity index (χ2n) is 3.29. The maximum absolute atomic E-state index is 4.91. The molecule has 0 amide bonds. The molecule has 5 nitrogen and oxygen atoms in total. The predicted molar refractivity (Wildman–Crippen MR) is 68.1 cm³/mol. The summed E-state index contributed by atoms with van der Waals surface area (Å²) in [4.78, 5) is 13.5. The summed E-state index contributed by atoms with van der Waals surface area (Å²) in [6, 6.07) is 3.86. The molecule has 0 aromatic carbocycles. The maximum atomic E-state index is 4.91. The van der Waals surface area contributed by atoms with Gasteiger partial charge in [-0.2, -0.15) is 4.98 Å². The zero-order valence-corrected chi connectivity index (χ0v) is 10.2. The van der Waals surface area contributed by atoms with E-state index in [2.05, 4.69) is 25.1 Å². The molecule has 0 aliphatic carbocycles. The third kappa shape index (κ3) is 2.02. The Hall–Kier alpha value is -1.86. The van der Waals surface area contributed by atoms with Gasteiger partial charge in [0.15, 0.2) is 5.82 Å². The lowest BCUT2D eigenvalue weighted by Gasteiger charge is -1.92. The first-order valence-electron chi connectivity index (χ1n) is 4.84. The lowest BCUT2D eigenvalue weighted by atomic mass is 10.3. The molecule has 3 aromatic heterocycles. The number of hydrogen-bond acceptors (Lipinski definition) is 5. The fraction of sp³-hybridized carbons (Fsp3) is 0. The Morgan fingerprint density at radius 1 is 1.24 bits per heavy atom. The third-order valence-electron chi connectivity index (χ3n) is 2.15. The number of thiazole rings is 1. The van der Waals surface area contributed by atoms with Gasteiger partial charge in [-0.1, -0.05) is 0 Å². The van der Waals surface area contributed by atoms with Gasteiger partial charge in [0.2, 0.25) is 4.77 Å². The summed E-state index contributed by atoms with van der Waals surface area (Å²) in [5, 5.41) is 6.57. The van der Waals surface area contributed by atoms with Crippen molar-refractivity contribution in [3.63, 3.8) is 0 Å². The highest BCUT2D eigenvalue weighted by Gasteiger charge is 2.08. The lowest BCUT2D eigenvalue weighted by molar-refractivity contribution is 1.08. The van der Waals surface area contributed by atoms with Crippen LogP contribution < -0.4 is 0 Å². The van der Waals surface area contributed by atoms with Gasteiger partial charge in [0.1, 0.15) is 5.01 Å². The highest BCUT2D eigenvalue weighted by atomic mass is 32.1. The van der Waals surface area contributed by atoms with Crippen molar-refractivity contribution < 1.29 is 0 Å². The molecule has 7 heteroatoms. The van der Waals surface area contributed by atoms with Gasteiger partial charge >= 0.3 is 0 Å². The fourth-order valence-corrected chi connectivity index (χ4v) is 2.39. The molecule has 0 bridgehead atoms. The van der Waals surface area contributed by atoms with Crippen molar-refractivity contribution in [1.82, 2.24) is 25.1 Å². The Kier molecular flexibility index (Phi) is 2.54. The quantitative estimate of drug-likeness (QED) is 0.696. The van der Waals surface area contributed by atoms with E-state index in [0.717, 1.165) is 15.4 Å². The SMILES string of the molecule is S=c1nc(-c2cnc(-c3cccnc3)s2)[nH][nH]1. The van der Waals surface area contributed by atoms with E-state index in [-0.39, 0.29) is 0 Å². The number of nitrogens with zero attached hydrogens (tertiary/aromatic N) is 3. The Morgan fingerprint density at radius 2 is 2.18 bits per heavy atom. The van der Waals surface area contributed by atoms with Crippen LogP contribution in [0.15, 0.2) is 30.7 Å². The molecule has 0 radical (unpaired) electrons. The molecular weight excluding hydrogens is 254 g/mol. The molecule has 3 heterocycles. The lowest BCUT2D eigenvalue weighted by Crippen LogP contribution is -1.75. The molecule has 2 N–H and O–H groups in total. The van der Waals surface area contributed by atoms with E-state index >= 15 is 0 Å². The number of nitrogens with one attached hydrogen (secondary N) is 2. The fourth-order valence-electron chi connectivity index (χ4n) is 1.39. The van der Waals surface area contributed by atoms with Gasteiger partial charge in [-0.15, -0.1) is 11.3 Å². The first kappa shape index (κ1) is 10.3. The van der Waals surface area contributed by atoms with Crippen LogP contribution in [0.5, 0.6) is 0 Å². The van der Waals surface area contributed by atoms with Gasteiger partial charge < -0.3 is 0 Å². The van der Waals surface area contributed by atoms with Crippen molar-refractivity contribution >= 4 is 23.6 Å². The molecule has 0 unspecified atom stereocenters. The minimum atomic E-state index is 0.441. The largest absolute Gasteiger partial charge is 0.281 e. The van der Waals surface area contributed by atoms with Gasteiger partial charge in [-0.05, 0) is 24.4 Å². The van der Waals surface area contributed by atoms with Gasteiger partial charge in [-0.3, -0.25) is 15.2 Å². The van der Waals surface area contributed by atoms with Gasteiger partial charge in [0.05, 0.1) is 4.88 Å². The van der Waals surface area contributed by atoms with Crippen LogP contribution in [0.25, 0.3) is 21.3 Å². The van der Waals surface area contributed by atoms with Crippen molar-refractivity contribution in [2.24, 2.45) is 0 Å². The molecule has 3 aromatic rings. The van der Waals surface area contributed by atoms with Crippen molar-refractivity contribution in [2.45, 2.75) is 0 Å². The molecule has 0 spiro atoms. The average Bonchev–Trinajstić information content (AvgIpc) is 2.98. The van der Waals surface area contributed by atoms with Gasteiger partial charge in [0, 0.05) is 24.2 Å². The molecule has 0 fully saturated rings. The van der Waals surface area contributed by atoms with Crippen LogP contribution in [-0.2, 0) is 0 Å². The van der Waals surface area contributed by atoms with Crippen molar-refractivity contribution in [3.05, 3.63) is 35.5 Å². The molecule has 3 rings (SSSR count). The number of pyridine rings is 1. The van der Waals surface area contributed by atoms with Crippen molar-refractivity contribution in [1.29, 1.82) is 0 Å². The Morgan fingerprint density at radius 3 is 2.88 bits per heavy atom. The molecule has 0 aliphatic rings. The van der Waals surface area contributed by atoms with Crippen LogP contribution in [-0.4, -0.2) is 25.1 Å². The third-order valence-corrected chi connectivity index (χ3v) is 3.40. The summed E-state index contributed by atoms with van der Waals surface area (Å²) in [7, 11) is 0. The monoisotopic (exact) mass is 261 g/mol. The number of hydrogen-bond donors (Lipinski definition) is 2. The van der Waals surface area contributed by atoms with E-state index in [1.165, 1.54) is 0 Å². The van der Waals surface area contributed by atoms with E-state index in [1.807, 2.05) is 12.1 Å². The average molecular weight is 261 g/mol. The van der Waals surface area contributed by atoms with E-state index in [0.29, 0.717) is 10.6 Å². The molecular formula is C10H7N5S2. The number of aromatic nitrogens is 5. The molecule has 0 aliphatic heterocycles. The normalized spacial score (nSPS) is 10.6. The molecule has 0 atom stereocenters. The van der Waals surface area contributed by atoms with Crippen molar-refractivity contribution in [3.8, 4) is 21.3 Å². The minimum Gasteiger partial charge on any atom is -0.281 e. The zero-order chi connectivity index (χ0) is 11.7. The number of H-pyrrole nitrogens is 2. The second kappa shape index (κ2) is 4.19. The smallest absolute Gasteiger partial charge is 0.213 e. The summed E-state index contributed by atoms with van der Waals surface area (Å²) in [5.74, 6) is 0.711. The van der Waals surface area contributed by atoms with Crippen LogP contribution in [0.2, 0.25) is 0 Å². The Balaban J connectivity index is 2.01. The Labute approximate surface area is 106 Å². The number of rotatable bonds is 2. The van der Waals surface area contributed by atoms with Crippen LogP contribution >= 0.6 is 23.6 Å². The first-order chi connectivity index (χ1) is 8.33. The molecule has 0 saturated carbocycles. The minimum absolute atomic E-state index is 0.441. The summed E-state index contributed by atoms with van der Waals surface area (Å²) in [5.41, 5.74) is 0.998. The standard InChI is InChI=1S/C10H7N5S2/c16-10-13-8(14-15-10)7-5-12-9(17-7)6-2-1-3-11-4-6/h1-5H,(H2,13,14,15,16). The highest BCUT2D eigenvalue weighted by Crippen LogP contribution is 2.29. The zero-order valence-electron chi connectivity index (χ0n) is 8.54. The predicted octanol–water partition coefficient (Wildman–Crippen LogP) is 2.65. The summed E-state index contributed by atoms with van der Waals surface area (Å²) in [6.45, 7) is 0. The van der Waals surface area contributed by atoms with E-state index in [1.54, 1.807) is 29.9 Å². The van der Waals surface area contributed by atoms with E-state index < -0.39 is 0 Å². The van der Waals surface area contributed by atoms with Crippen LogP contribution in [0, 0.1) is 4.77 Å². The summed E-state index contributed by atoms with van der Waals surface area (Å²) >= 11 is 6.45. The maximum Gasteiger partial charge on any atom is 0.213 e. The van der Waals surface area contributed by atoms with Crippen molar-refractivity contribution in [2.75, 3.05) is 0 Å². The van der Waals surface area contributed by atoms with E-state index in [9.17, 15) is 0 Å². The summed E-state index contributed by atoms with van der Waals surface area (Å²) in [6.07, 6.45) is 5.30. The van der Waals surface area contributed by atoms with Gasteiger partial charge in [-0.25, -0.2) is 4.98 Å². The Bertz CT molecular complexity index is 682. The molecule has 0 saturated heterocycles. The highest BCUT2D eigenvalue weighted by molar-refractivity contribution is 7.71. The second-order valence-corrected chi connectivity index (χ2v) is 4.70. The van der Waals surface area contributed by atoms with Crippen LogP contribution in [0.1, 0.15) is 0 Å². The van der Waals surface area contributed by atoms with Gasteiger partial charge in [0.25, 0.3) is 0 Å². The van der Waals surface area contributed by atoms with Crippen LogP contribution in [0.3, 0.4) is 0 Å².